The van der Waals surface area contributed by atoms with Crippen LogP contribution in [0.3, 0.4) is 0 Å². The van der Waals surface area contributed by atoms with Gasteiger partial charge < -0.3 is 5.11 Å². The molecule has 0 saturated heterocycles. The fourth-order valence-electron chi connectivity index (χ4n) is 3.13. The molecule has 0 aliphatic carbocycles. The van der Waals surface area contributed by atoms with Gasteiger partial charge in [0.05, 0.1) is 6.42 Å². The zero-order valence-corrected chi connectivity index (χ0v) is 15.6. The predicted octanol–water partition coefficient (Wildman–Crippen LogP) is 7.01. The van der Waals surface area contributed by atoms with Gasteiger partial charge in [0.15, 0.2) is 0 Å². The third-order valence-electron chi connectivity index (χ3n) is 4.52. The van der Waals surface area contributed by atoms with E-state index in [4.69, 9.17) is 5.11 Å². The van der Waals surface area contributed by atoms with Crippen molar-refractivity contribution < 1.29 is 9.90 Å². The summed E-state index contributed by atoms with van der Waals surface area (Å²) in [6.45, 7) is 2.26. The van der Waals surface area contributed by atoms with Crippen LogP contribution in [-0.4, -0.2) is 11.1 Å². The molecule has 0 aromatic carbocycles. The molecule has 1 atom stereocenters. The normalized spacial score (nSPS) is 12.4. The highest BCUT2D eigenvalue weighted by molar-refractivity contribution is 7.10. The maximum Gasteiger partial charge on any atom is 0.303 e. The molecule has 1 N–H and O–H groups in total. The van der Waals surface area contributed by atoms with Crippen LogP contribution in [0.4, 0.5) is 0 Å². The third kappa shape index (κ3) is 10.5. The first-order chi connectivity index (χ1) is 11.2. The fourth-order valence-corrected chi connectivity index (χ4v) is 4.00. The standard InChI is InChI=1S/C20H34O2S/c1-2-3-4-5-6-7-8-9-10-11-12-14-18(17-20(21)22)19-15-13-16-23-19/h13,15-16,18H,2-12,14,17H2,1H3,(H,21,22). The lowest BCUT2D eigenvalue weighted by Crippen LogP contribution is -2.05. The molecule has 132 valence electrons. The number of carbonyl (C=O) groups is 1. The number of carboxylic acid groups (broad SMARTS) is 1. The van der Waals surface area contributed by atoms with Crippen LogP contribution in [-0.2, 0) is 4.79 Å². The van der Waals surface area contributed by atoms with Gasteiger partial charge >= 0.3 is 5.97 Å². The second kappa shape index (κ2) is 13.6. The Hall–Kier alpha value is -0.830. The molecule has 1 aromatic rings. The Labute approximate surface area is 146 Å². The van der Waals surface area contributed by atoms with E-state index in [1.165, 1.54) is 69.1 Å². The lowest BCUT2D eigenvalue weighted by atomic mass is 9.95. The maximum atomic E-state index is 11.0. The number of unbranched alkanes of at least 4 members (excludes halogenated alkanes) is 10. The van der Waals surface area contributed by atoms with E-state index < -0.39 is 5.97 Å². The third-order valence-corrected chi connectivity index (χ3v) is 5.56. The fraction of sp³-hybridized carbons (Fsp3) is 0.750. The Kier molecular flexibility index (Phi) is 11.9. The van der Waals surface area contributed by atoms with Gasteiger partial charge in [0.1, 0.15) is 0 Å². The predicted molar refractivity (Wildman–Crippen MR) is 100 cm³/mol. The first kappa shape index (κ1) is 20.2. The van der Waals surface area contributed by atoms with E-state index >= 15 is 0 Å². The first-order valence-corrected chi connectivity index (χ1v) is 10.4. The van der Waals surface area contributed by atoms with Crippen molar-refractivity contribution in [1.82, 2.24) is 0 Å². The lowest BCUT2D eigenvalue weighted by molar-refractivity contribution is -0.137. The van der Waals surface area contributed by atoms with Crippen molar-refractivity contribution in [2.24, 2.45) is 0 Å². The summed E-state index contributed by atoms with van der Waals surface area (Å²) in [5.74, 6) is -0.461. The maximum absolute atomic E-state index is 11.0. The molecule has 1 heterocycles. The van der Waals surface area contributed by atoms with Gasteiger partial charge in [0, 0.05) is 10.8 Å². The zero-order chi connectivity index (χ0) is 16.8. The van der Waals surface area contributed by atoms with Gasteiger partial charge in [-0.25, -0.2) is 0 Å². The molecule has 0 saturated carbocycles. The van der Waals surface area contributed by atoms with Crippen LogP contribution in [0.25, 0.3) is 0 Å². The van der Waals surface area contributed by atoms with Gasteiger partial charge in [-0.15, -0.1) is 11.3 Å². The largest absolute Gasteiger partial charge is 0.481 e. The molecule has 23 heavy (non-hydrogen) atoms. The van der Waals surface area contributed by atoms with Crippen LogP contribution in [0.15, 0.2) is 17.5 Å². The molecule has 0 radical (unpaired) electrons. The Morgan fingerprint density at radius 1 is 1.00 bits per heavy atom. The second-order valence-corrected chi connectivity index (χ2v) is 7.61. The highest BCUT2D eigenvalue weighted by Crippen LogP contribution is 2.29. The number of carboxylic acids is 1. The van der Waals surface area contributed by atoms with Crippen molar-refractivity contribution in [2.75, 3.05) is 0 Å². The topological polar surface area (TPSA) is 37.3 Å². The summed E-state index contributed by atoms with van der Waals surface area (Å²) in [6, 6.07) is 4.10. The van der Waals surface area contributed by atoms with Crippen molar-refractivity contribution >= 4 is 17.3 Å². The molecular weight excluding hydrogens is 304 g/mol. The van der Waals surface area contributed by atoms with Gasteiger partial charge in [0.2, 0.25) is 0 Å². The molecule has 0 aliphatic rings. The van der Waals surface area contributed by atoms with Crippen molar-refractivity contribution in [2.45, 2.75) is 96.3 Å². The summed E-state index contributed by atoms with van der Waals surface area (Å²) >= 11 is 1.69. The molecule has 1 rings (SSSR count). The summed E-state index contributed by atoms with van der Waals surface area (Å²) < 4.78 is 0. The number of aliphatic carboxylic acids is 1. The SMILES string of the molecule is CCCCCCCCCCCCCC(CC(=O)O)c1cccs1. The number of hydrogen-bond donors (Lipinski definition) is 1. The van der Waals surface area contributed by atoms with Crippen LogP contribution in [0, 0.1) is 0 Å². The van der Waals surface area contributed by atoms with E-state index in [0.29, 0.717) is 0 Å². The van der Waals surface area contributed by atoms with Gasteiger partial charge in [-0.05, 0) is 17.9 Å². The number of hydrogen-bond acceptors (Lipinski definition) is 2. The molecule has 1 aromatic heterocycles. The van der Waals surface area contributed by atoms with Crippen LogP contribution < -0.4 is 0 Å². The van der Waals surface area contributed by atoms with Crippen LogP contribution >= 0.6 is 11.3 Å². The van der Waals surface area contributed by atoms with E-state index in [0.717, 1.165) is 12.8 Å². The minimum absolute atomic E-state index is 0.214. The van der Waals surface area contributed by atoms with Crippen molar-refractivity contribution in [3.8, 4) is 0 Å². The van der Waals surface area contributed by atoms with E-state index in [2.05, 4.69) is 13.0 Å². The Balaban J connectivity index is 2.01. The minimum Gasteiger partial charge on any atom is -0.481 e. The molecule has 2 nitrogen and oxygen atoms in total. The summed E-state index contributed by atoms with van der Waals surface area (Å²) in [4.78, 5) is 12.2. The second-order valence-electron chi connectivity index (χ2n) is 6.63. The van der Waals surface area contributed by atoms with Crippen molar-refractivity contribution in [1.29, 1.82) is 0 Å². The van der Waals surface area contributed by atoms with Gasteiger partial charge in [0.25, 0.3) is 0 Å². The molecule has 1 unspecified atom stereocenters. The van der Waals surface area contributed by atoms with Gasteiger partial charge in [-0.2, -0.15) is 0 Å². The highest BCUT2D eigenvalue weighted by atomic mass is 32.1. The van der Waals surface area contributed by atoms with Crippen LogP contribution in [0.2, 0.25) is 0 Å². The molecule has 3 heteroatoms. The van der Waals surface area contributed by atoms with Gasteiger partial charge in [-0.3, -0.25) is 4.79 Å². The summed E-state index contributed by atoms with van der Waals surface area (Å²) in [5, 5.41) is 11.1. The molecule has 0 fully saturated rings. The van der Waals surface area contributed by atoms with E-state index in [1.807, 2.05) is 11.4 Å². The smallest absolute Gasteiger partial charge is 0.303 e. The summed E-state index contributed by atoms with van der Waals surface area (Å²) in [7, 11) is 0. The highest BCUT2D eigenvalue weighted by Gasteiger charge is 2.16. The average molecular weight is 339 g/mol. The molecule has 0 aliphatic heterocycles. The van der Waals surface area contributed by atoms with Crippen molar-refractivity contribution in [3.63, 3.8) is 0 Å². The summed E-state index contributed by atoms with van der Waals surface area (Å²) in [6.07, 6.45) is 16.0. The van der Waals surface area contributed by atoms with E-state index in [1.54, 1.807) is 11.3 Å². The molecule has 0 amide bonds. The first-order valence-electron chi connectivity index (χ1n) is 9.49. The van der Waals surface area contributed by atoms with Crippen molar-refractivity contribution in [3.05, 3.63) is 22.4 Å². The number of thiophene rings is 1. The van der Waals surface area contributed by atoms with Crippen LogP contribution in [0.5, 0.6) is 0 Å². The number of rotatable bonds is 15. The lowest BCUT2D eigenvalue weighted by Gasteiger charge is -2.12. The Morgan fingerprint density at radius 2 is 1.57 bits per heavy atom. The molecular formula is C20H34O2S. The van der Waals surface area contributed by atoms with E-state index in [-0.39, 0.29) is 12.3 Å². The minimum atomic E-state index is -0.675. The Morgan fingerprint density at radius 3 is 2.04 bits per heavy atom. The van der Waals surface area contributed by atoms with Gasteiger partial charge in [-0.1, -0.05) is 83.6 Å². The molecule has 0 bridgehead atoms. The van der Waals surface area contributed by atoms with E-state index in [9.17, 15) is 4.79 Å². The summed E-state index contributed by atoms with van der Waals surface area (Å²) in [5.41, 5.74) is 0. The van der Waals surface area contributed by atoms with Crippen LogP contribution in [0.1, 0.15) is 101 Å². The molecule has 0 spiro atoms. The Bertz CT molecular complexity index is 386. The monoisotopic (exact) mass is 338 g/mol. The average Bonchev–Trinajstić information content (AvgIpc) is 3.05. The quantitative estimate of drug-likeness (QED) is 0.349. The zero-order valence-electron chi connectivity index (χ0n) is 14.8.